The van der Waals surface area contributed by atoms with Crippen LogP contribution in [0.4, 0.5) is 4.39 Å². The van der Waals surface area contributed by atoms with Gasteiger partial charge in [-0.2, -0.15) is 0 Å². The zero-order valence-electron chi connectivity index (χ0n) is 18.4. The molecule has 4 aromatic rings. The number of nitrogens with zero attached hydrogens (tertiary/aromatic N) is 3. The molecule has 0 aliphatic carbocycles. The number of morpholine rings is 1. The van der Waals surface area contributed by atoms with E-state index < -0.39 is 5.82 Å². The van der Waals surface area contributed by atoms with E-state index in [1.54, 1.807) is 29.7 Å². The summed E-state index contributed by atoms with van der Waals surface area (Å²) in [5.41, 5.74) is 2.67. The Bertz CT molecular complexity index is 1430. The standard InChI is InChI=1S/C25H25FN4O3/c1-17-24-22(30(27-25(24)32)21-9-5-4-8-20(21)26)14-23(31)29(17)16-19-7-3-2-6-18(19)15-28-10-12-33-13-11-28/h2-9,14H,10-13,15-16H2,1H3,(H,27,32). The molecule has 1 aliphatic rings. The third kappa shape index (κ3) is 4.03. The number of fused-ring (bicyclic) bond motifs is 1. The van der Waals surface area contributed by atoms with Crippen molar-refractivity contribution >= 4 is 10.9 Å². The van der Waals surface area contributed by atoms with Crippen LogP contribution in [0, 0.1) is 12.7 Å². The third-order valence-corrected chi connectivity index (χ3v) is 6.27. The maximum absolute atomic E-state index is 14.4. The van der Waals surface area contributed by atoms with Crippen molar-refractivity contribution in [1.29, 1.82) is 0 Å². The van der Waals surface area contributed by atoms with Gasteiger partial charge in [-0.25, -0.2) is 9.07 Å². The van der Waals surface area contributed by atoms with E-state index in [0.717, 1.165) is 44.0 Å². The van der Waals surface area contributed by atoms with Crippen LogP contribution in [0.25, 0.3) is 16.6 Å². The summed E-state index contributed by atoms with van der Waals surface area (Å²) in [6.45, 7) is 6.08. The molecule has 0 spiro atoms. The molecule has 1 N–H and O–H groups in total. The van der Waals surface area contributed by atoms with Crippen molar-refractivity contribution in [2.45, 2.75) is 20.0 Å². The molecule has 8 heteroatoms. The summed E-state index contributed by atoms with van der Waals surface area (Å²) in [7, 11) is 0. The second kappa shape index (κ2) is 8.80. The zero-order chi connectivity index (χ0) is 22.9. The lowest BCUT2D eigenvalue weighted by Crippen LogP contribution is -2.36. The van der Waals surface area contributed by atoms with Crippen molar-refractivity contribution in [1.82, 2.24) is 19.2 Å². The number of H-pyrrole nitrogens is 1. The second-order valence-corrected chi connectivity index (χ2v) is 8.30. The quantitative estimate of drug-likeness (QED) is 0.510. The predicted octanol–water partition coefficient (Wildman–Crippen LogP) is 2.81. The highest BCUT2D eigenvalue weighted by molar-refractivity contribution is 5.82. The van der Waals surface area contributed by atoms with Gasteiger partial charge in [-0.1, -0.05) is 36.4 Å². The van der Waals surface area contributed by atoms with Crippen molar-refractivity contribution in [2.75, 3.05) is 26.3 Å². The minimum Gasteiger partial charge on any atom is -0.379 e. The Morgan fingerprint density at radius 2 is 1.64 bits per heavy atom. The van der Waals surface area contributed by atoms with E-state index >= 15 is 0 Å². The van der Waals surface area contributed by atoms with Crippen LogP contribution in [-0.2, 0) is 17.8 Å². The number of hydrogen-bond acceptors (Lipinski definition) is 4. The molecule has 5 rings (SSSR count). The molecule has 0 radical (unpaired) electrons. The summed E-state index contributed by atoms with van der Waals surface area (Å²) in [4.78, 5) is 28.3. The minimum atomic E-state index is -0.482. The Labute approximate surface area is 189 Å². The second-order valence-electron chi connectivity index (χ2n) is 8.30. The molecule has 1 saturated heterocycles. The topological polar surface area (TPSA) is 72.3 Å². The average molecular weight is 448 g/mol. The van der Waals surface area contributed by atoms with Crippen LogP contribution >= 0.6 is 0 Å². The Kier molecular flexibility index (Phi) is 5.70. The van der Waals surface area contributed by atoms with E-state index in [1.807, 2.05) is 18.2 Å². The summed E-state index contributed by atoms with van der Waals surface area (Å²) < 4.78 is 22.8. The molecule has 1 fully saturated rings. The van der Waals surface area contributed by atoms with Gasteiger partial charge < -0.3 is 9.30 Å². The summed E-state index contributed by atoms with van der Waals surface area (Å²) in [6.07, 6.45) is 0. The lowest BCUT2D eigenvalue weighted by Gasteiger charge is -2.27. The number of hydrogen-bond donors (Lipinski definition) is 1. The summed E-state index contributed by atoms with van der Waals surface area (Å²) in [6, 6.07) is 15.6. The van der Waals surface area contributed by atoms with Crippen LogP contribution in [0.5, 0.6) is 0 Å². The lowest BCUT2D eigenvalue weighted by atomic mass is 10.1. The number of rotatable bonds is 5. The number of nitrogens with one attached hydrogen (secondary N) is 1. The van der Waals surface area contributed by atoms with Gasteiger partial charge in [0.25, 0.3) is 11.1 Å². The van der Waals surface area contributed by atoms with Gasteiger partial charge in [0, 0.05) is 31.4 Å². The van der Waals surface area contributed by atoms with Gasteiger partial charge in [-0.3, -0.25) is 19.6 Å². The van der Waals surface area contributed by atoms with Crippen molar-refractivity contribution in [3.05, 3.63) is 97.9 Å². The molecular weight excluding hydrogens is 423 g/mol. The minimum absolute atomic E-state index is 0.192. The number of aromatic amines is 1. The SMILES string of the molecule is Cc1c2c(=O)[nH]n(-c3ccccc3F)c2cc(=O)n1Cc1ccccc1CN1CCOCC1. The highest BCUT2D eigenvalue weighted by atomic mass is 19.1. The van der Waals surface area contributed by atoms with E-state index in [0.29, 0.717) is 23.1 Å². The van der Waals surface area contributed by atoms with E-state index in [9.17, 15) is 14.0 Å². The smallest absolute Gasteiger partial charge is 0.274 e. The zero-order valence-corrected chi connectivity index (χ0v) is 18.4. The van der Waals surface area contributed by atoms with Crippen molar-refractivity contribution in [3.63, 3.8) is 0 Å². The van der Waals surface area contributed by atoms with Gasteiger partial charge in [0.15, 0.2) is 0 Å². The number of aryl methyl sites for hydroxylation is 1. The highest BCUT2D eigenvalue weighted by Crippen LogP contribution is 2.20. The van der Waals surface area contributed by atoms with E-state index in [2.05, 4.69) is 16.1 Å². The maximum atomic E-state index is 14.4. The molecule has 3 heterocycles. The van der Waals surface area contributed by atoms with Gasteiger partial charge in [-0.15, -0.1) is 0 Å². The first-order valence-corrected chi connectivity index (χ1v) is 11.0. The molecule has 2 aromatic heterocycles. The van der Waals surface area contributed by atoms with Gasteiger partial charge in [-0.05, 0) is 30.2 Å². The molecule has 1 aliphatic heterocycles. The summed E-state index contributed by atoms with van der Waals surface area (Å²) in [5, 5.41) is 3.06. The van der Waals surface area contributed by atoms with Crippen molar-refractivity contribution < 1.29 is 9.13 Å². The Morgan fingerprint density at radius 3 is 2.36 bits per heavy atom. The number of halogens is 1. The van der Waals surface area contributed by atoms with Gasteiger partial charge in [0.1, 0.15) is 5.82 Å². The first-order valence-electron chi connectivity index (χ1n) is 11.0. The number of ether oxygens (including phenoxy) is 1. The average Bonchev–Trinajstić information content (AvgIpc) is 3.14. The molecule has 0 bridgehead atoms. The normalized spacial score (nSPS) is 14.7. The molecule has 0 saturated carbocycles. The first kappa shape index (κ1) is 21.4. The summed E-state index contributed by atoms with van der Waals surface area (Å²) in [5.74, 6) is -0.482. The fourth-order valence-electron chi connectivity index (χ4n) is 4.48. The lowest BCUT2D eigenvalue weighted by molar-refractivity contribution is 0.0340. The van der Waals surface area contributed by atoms with Gasteiger partial charge >= 0.3 is 0 Å². The third-order valence-electron chi connectivity index (χ3n) is 6.27. The van der Waals surface area contributed by atoms with E-state index in [1.165, 1.54) is 16.8 Å². The summed E-state index contributed by atoms with van der Waals surface area (Å²) >= 11 is 0. The number of para-hydroxylation sites is 1. The molecule has 170 valence electrons. The van der Waals surface area contributed by atoms with Crippen LogP contribution in [0.1, 0.15) is 16.8 Å². The Hall–Kier alpha value is -3.49. The molecule has 0 amide bonds. The number of benzene rings is 2. The van der Waals surface area contributed by atoms with Crippen LogP contribution in [0.2, 0.25) is 0 Å². The number of aromatic nitrogens is 3. The largest absolute Gasteiger partial charge is 0.379 e. The molecule has 0 atom stereocenters. The van der Waals surface area contributed by atoms with E-state index in [4.69, 9.17) is 4.74 Å². The van der Waals surface area contributed by atoms with Crippen molar-refractivity contribution in [2.24, 2.45) is 0 Å². The number of pyridine rings is 1. The van der Waals surface area contributed by atoms with Crippen LogP contribution in [0.15, 0.2) is 64.2 Å². The Morgan fingerprint density at radius 1 is 0.970 bits per heavy atom. The highest BCUT2D eigenvalue weighted by Gasteiger charge is 2.18. The molecular formula is C25H25FN4O3. The monoisotopic (exact) mass is 448 g/mol. The first-order chi connectivity index (χ1) is 16.0. The molecule has 2 aromatic carbocycles. The molecule has 0 unspecified atom stereocenters. The van der Waals surface area contributed by atoms with Gasteiger partial charge in [0.05, 0.1) is 36.3 Å². The molecule has 33 heavy (non-hydrogen) atoms. The van der Waals surface area contributed by atoms with Crippen molar-refractivity contribution in [3.8, 4) is 5.69 Å². The Balaban J connectivity index is 1.56. The van der Waals surface area contributed by atoms with Crippen LogP contribution < -0.4 is 11.1 Å². The molecule has 7 nitrogen and oxygen atoms in total. The van der Waals surface area contributed by atoms with Crippen LogP contribution in [-0.4, -0.2) is 45.6 Å². The fraction of sp³-hybridized carbons (Fsp3) is 0.280. The van der Waals surface area contributed by atoms with E-state index in [-0.39, 0.29) is 16.8 Å². The van der Waals surface area contributed by atoms with Gasteiger partial charge in [0.2, 0.25) is 0 Å². The van der Waals surface area contributed by atoms with Crippen LogP contribution in [0.3, 0.4) is 0 Å². The fourth-order valence-corrected chi connectivity index (χ4v) is 4.48. The maximum Gasteiger partial charge on any atom is 0.274 e. The predicted molar refractivity (Wildman–Crippen MR) is 124 cm³/mol.